The van der Waals surface area contributed by atoms with Gasteiger partial charge in [-0.05, 0) is 73.6 Å². The number of nitrogens with zero attached hydrogens (tertiary/aromatic N) is 1. The summed E-state index contributed by atoms with van der Waals surface area (Å²) in [6, 6.07) is 16.5. The molecule has 0 atom stereocenters. The lowest BCUT2D eigenvalue weighted by Crippen LogP contribution is -2.54. The van der Waals surface area contributed by atoms with E-state index in [1.807, 2.05) is 25.1 Å². The van der Waals surface area contributed by atoms with Crippen molar-refractivity contribution in [3.63, 3.8) is 0 Å². The van der Waals surface area contributed by atoms with Gasteiger partial charge in [0.1, 0.15) is 12.2 Å². The number of amides is 2. The molecule has 1 fully saturated rings. The summed E-state index contributed by atoms with van der Waals surface area (Å²) in [7, 11) is 0. The van der Waals surface area contributed by atoms with E-state index < -0.39 is 17.8 Å². The third-order valence-corrected chi connectivity index (χ3v) is 6.57. The number of benzene rings is 3. The van der Waals surface area contributed by atoms with Gasteiger partial charge in [0.05, 0.1) is 17.9 Å². The summed E-state index contributed by atoms with van der Waals surface area (Å²) in [5.74, 6) is -1.61. The molecule has 3 aromatic carbocycles. The molecule has 0 aliphatic carbocycles. The van der Waals surface area contributed by atoms with Gasteiger partial charge in [0, 0.05) is 16.1 Å². The molecule has 1 saturated heterocycles. The second-order valence-corrected chi connectivity index (χ2v) is 9.42. The molecule has 40 heavy (non-hydrogen) atoms. The minimum atomic E-state index is -1.16. The second kappa shape index (κ2) is 12.6. The van der Waals surface area contributed by atoms with Crippen LogP contribution < -0.4 is 19.7 Å². The number of carbonyl (C=O) groups is 3. The fourth-order valence-electron chi connectivity index (χ4n) is 4.10. The Morgan fingerprint density at radius 1 is 1.10 bits per heavy atom. The van der Waals surface area contributed by atoms with Crippen LogP contribution in [0.1, 0.15) is 34.0 Å². The van der Waals surface area contributed by atoms with Gasteiger partial charge in [-0.3, -0.25) is 19.8 Å². The Balaban J connectivity index is 1.73. The van der Waals surface area contributed by atoms with Gasteiger partial charge >= 0.3 is 5.97 Å². The maximum atomic E-state index is 13.5. The van der Waals surface area contributed by atoms with Crippen LogP contribution in [-0.2, 0) is 22.6 Å². The Morgan fingerprint density at radius 3 is 2.58 bits per heavy atom. The Kier molecular flexibility index (Phi) is 8.98. The number of carboxylic acids is 1. The zero-order valence-corrected chi connectivity index (χ0v) is 23.1. The highest BCUT2D eigenvalue weighted by Gasteiger charge is 2.35. The number of aromatic carboxylic acids is 1. The van der Waals surface area contributed by atoms with Crippen LogP contribution in [0.5, 0.6) is 11.5 Å². The van der Waals surface area contributed by atoms with E-state index in [0.717, 1.165) is 16.0 Å². The van der Waals surface area contributed by atoms with Gasteiger partial charge in [-0.15, -0.1) is 6.58 Å². The van der Waals surface area contributed by atoms with Gasteiger partial charge in [-0.2, -0.15) is 0 Å². The molecule has 2 amide bonds. The van der Waals surface area contributed by atoms with Crippen molar-refractivity contribution in [2.75, 3.05) is 11.5 Å². The number of ether oxygens (including phenoxy) is 2. The van der Waals surface area contributed by atoms with Crippen molar-refractivity contribution in [1.29, 1.82) is 0 Å². The van der Waals surface area contributed by atoms with E-state index in [9.17, 15) is 19.5 Å². The molecule has 0 saturated carbocycles. The molecule has 0 radical (unpaired) electrons. The summed E-state index contributed by atoms with van der Waals surface area (Å²) in [5.41, 5.74) is 2.03. The largest absolute Gasteiger partial charge is 0.490 e. The predicted molar refractivity (Wildman–Crippen MR) is 157 cm³/mol. The lowest BCUT2D eigenvalue weighted by molar-refractivity contribution is -0.122. The molecule has 10 heteroatoms. The first-order chi connectivity index (χ1) is 19.2. The van der Waals surface area contributed by atoms with Gasteiger partial charge in [-0.25, -0.2) is 4.79 Å². The highest BCUT2D eigenvalue weighted by molar-refractivity contribution is 7.80. The number of thiocarbonyl (C=S) groups is 1. The highest BCUT2D eigenvalue weighted by Crippen LogP contribution is 2.36. The normalized spacial score (nSPS) is 14.2. The van der Waals surface area contributed by atoms with E-state index in [2.05, 4.69) is 11.9 Å². The molecule has 0 unspecified atom stereocenters. The minimum absolute atomic E-state index is 0.0293. The number of nitrogens with one attached hydrogen (secondary N) is 1. The van der Waals surface area contributed by atoms with Gasteiger partial charge < -0.3 is 14.6 Å². The smallest absolute Gasteiger partial charge is 0.335 e. The number of allylic oxidation sites excluding steroid dienone is 1. The summed E-state index contributed by atoms with van der Waals surface area (Å²) in [6.07, 6.45) is 3.56. The number of hydrogen-bond donors (Lipinski definition) is 2. The lowest BCUT2D eigenvalue weighted by atomic mass is 10.0. The molecule has 1 aliphatic rings. The fourth-order valence-corrected chi connectivity index (χ4v) is 4.57. The zero-order valence-electron chi connectivity index (χ0n) is 21.5. The van der Waals surface area contributed by atoms with Crippen molar-refractivity contribution < 1.29 is 29.0 Å². The first-order valence-corrected chi connectivity index (χ1v) is 13.0. The first-order valence-electron chi connectivity index (χ1n) is 12.2. The molecule has 1 aliphatic heterocycles. The van der Waals surface area contributed by atoms with E-state index in [1.54, 1.807) is 24.3 Å². The van der Waals surface area contributed by atoms with E-state index in [4.69, 9.17) is 33.3 Å². The van der Waals surface area contributed by atoms with Crippen LogP contribution in [0.3, 0.4) is 0 Å². The summed E-state index contributed by atoms with van der Waals surface area (Å²) >= 11 is 11.5. The molecule has 1 heterocycles. The average molecular weight is 577 g/mol. The van der Waals surface area contributed by atoms with Crippen molar-refractivity contribution in [3.05, 3.63) is 106 Å². The summed E-state index contributed by atoms with van der Waals surface area (Å²) < 4.78 is 12.0. The standard InChI is InChI=1S/C30H25ClN2O6S/c1-3-8-19-13-18(15-25(38-4-2)26(19)39-17-21-9-5-6-12-24(21)31)14-23-27(34)32-30(40)33(28(23)35)22-11-7-10-20(16-22)29(36)37/h3,5-7,9-16H,1,4,8,17H2,2H3,(H,36,37)(H,32,34,40). The van der Waals surface area contributed by atoms with Gasteiger partial charge in [-0.1, -0.05) is 41.9 Å². The molecule has 3 aromatic rings. The number of carboxylic acid groups (broad SMARTS) is 1. The number of carbonyl (C=O) groups excluding carboxylic acids is 2. The molecule has 204 valence electrons. The topological polar surface area (TPSA) is 105 Å². The van der Waals surface area contributed by atoms with Crippen LogP contribution in [0.15, 0.2) is 78.9 Å². The highest BCUT2D eigenvalue weighted by atomic mass is 35.5. The van der Waals surface area contributed by atoms with Crippen molar-refractivity contribution in [2.24, 2.45) is 0 Å². The van der Waals surface area contributed by atoms with Gasteiger partial charge in [0.25, 0.3) is 11.8 Å². The van der Waals surface area contributed by atoms with E-state index >= 15 is 0 Å². The Hall–Kier alpha value is -4.47. The van der Waals surface area contributed by atoms with Gasteiger partial charge in [0.15, 0.2) is 16.6 Å². The fraction of sp³-hybridized carbons (Fsp3) is 0.133. The molecular formula is C30H25ClN2O6S. The number of hydrogen-bond acceptors (Lipinski definition) is 6. The lowest BCUT2D eigenvalue weighted by Gasteiger charge is -2.29. The molecule has 2 N–H and O–H groups in total. The zero-order chi connectivity index (χ0) is 28.8. The maximum absolute atomic E-state index is 13.5. The first kappa shape index (κ1) is 28.5. The maximum Gasteiger partial charge on any atom is 0.335 e. The van der Waals surface area contributed by atoms with Crippen LogP contribution in [0.2, 0.25) is 5.02 Å². The van der Waals surface area contributed by atoms with E-state index in [1.165, 1.54) is 30.3 Å². The van der Waals surface area contributed by atoms with Crippen LogP contribution in [-0.4, -0.2) is 34.6 Å². The Bertz CT molecular complexity index is 1550. The van der Waals surface area contributed by atoms with Crippen molar-refractivity contribution in [1.82, 2.24) is 5.32 Å². The SMILES string of the molecule is C=CCc1cc(C=C2C(=O)NC(=S)N(c3cccc(C(=O)O)c3)C2=O)cc(OCC)c1OCc1ccccc1Cl. The van der Waals surface area contributed by atoms with Crippen molar-refractivity contribution >= 4 is 58.5 Å². The summed E-state index contributed by atoms with van der Waals surface area (Å²) in [6.45, 7) is 6.21. The summed E-state index contributed by atoms with van der Waals surface area (Å²) in [5, 5.41) is 12.3. The monoisotopic (exact) mass is 576 g/mol. The van der Waals surface area contributed by atoms with Crippen molar-refractivity contribution in [2.45, 2.75) is 20.0 Å². The minimum Gasteiger partial charge on any atom is -0.490 e. The molecule has 0 aromatic heterocycles. The van der Waals surface area contributed by atoms with Gasteiger partial charge in [0.2, 0.25) is 0 Å². The Labute approximate surface area is 241 Å². The average Bonchev–Trinajstić information content (AvgIpc) is 2.92. The van der Waals surface area contributed by atoms with Crippen LogP contribution in [0, 0.1) is 0 Å². The van der Waals surface area contributed by atoms with Crippen LogP contribution >= 0.6 is 23.8 Å². The summed E-state index contributed by atoms with van der Waals surface area (Å²) in [4.78, 5) is 38.9. The number of rotatable bonds is 10. The number of anilines is 1. The van der Waals surface area contributed by atoms with Crippen LogP contribution in [0.4, 0.5) is 5.69 Å². The van der Waals surface area contributed by atoms with Crippen LogP contribution in [0.25, 0.3) is 6.08 Å². The molecule has 8 nitrogen and oxygen atoms in total. The quantitative estimate of drug-likeness (QED) is 0.141. The van der Waals surface area contributed by atoms with E-state index in [-0.39, 0.29) is 28.5 Å². The third-order valence-electron chi connectivity index (χ3n) is 5.91. The molecule has 4 rings (SSSR count). The predicted octanol–water partition coefficient (Wildman–Crippen LogP) is 5.58. The Morgan fingerprint density at radius 2 is 1.88 bits per heavy atom. The van der Waals surface area contributed by atoms with Crippen molar-refractivity contribution in [3.8, 4) is 11.5 Å². The third kappa shape index (κ3) is 6.22. The van der Waals surface area contributed by atoms with E-state index in [0.29, 0.717) is 35.1 Å². The molecule has 0 bridgehead atoms. The second-order valence-electron chi connectivity index (χ2n) is 8.63. The molecular weight excluding hydrogens is 552 g/mol. The number of halogens is 1. The molecule has 0 spiro atoms.